The molecule has 3 rings (SSSR count). The summed E-state index contributed by atoms with van der Waals surface area (Å²) < 4.78 is 34.0. The maximum Gasteiger partial charge on any atom is 0.402 e. The fraction of sp³-hybridized carbons (Fsp3) is 0.120. The van der Waals surface area contributed by atoms with E-state index < -0.39 is 35.3 Å². The quantitative estimate of drug-likeness (QED) is 0.265. The second-order valence-electron chi connectivity index (χ2n) is 7.17. The van der Waals surface area contributed by atoms with Crippen LogP contribution in [0.15, 0.2) is 54.6 Å². The molecular weight excluding hydrogens is 511 g/mol. The van der Waals surface area contributed by atoms with Gasteiger partial charge in [-0.15, -0.1) is 0 Å². The monoisotopic (exact) mass is 530 g/mol. The van der Waals surface area contributed by atoms with Crippen molar-refractivity contribution in [3.8, 4) is 17.2 Å². The summed E-state index contributed by atoms with van der Waals surface area (Å²) >= 11 is 6.08. The third-order valence-electron chi connectivity index (χ3n) is 4.87. The van der Waals surface area contributed by atoms with Crippen LogP contribution in [-0.2, 0) is 14.3 Å². The van der Waals surface area contributed by atoms with Crippen LogP contribution in [0.3, 0.4) is 0 Å². The van der Waals surface area contributed by atoms with Gasteiger partial charge in [-0.1, -0.05) is 23.7 Å². The predicted octanol–water partition coefficient (Wildman–Crippen LogP) is 4.08. The molecule has 0 aliphatic carbocycles. The van der Waals surface area contributed by atoms with E-state index in [0.29, 0.717) is 0 Å². The van der Waals surface area contributed by atoms with Crippen molar-refractivity contribution in [1.82, 2.24) is 0 Å². The van der Waals surface area contributed by atoms with E-state index in [0.717, 1.165) is 19.2 Å². The molecule has 3 aromatic rings. The molecule has 3 aromatic carbocycles. The average Bonchev–Trinajstić information content (AvgIpc) is 2.88. The van der Waals surface area contributed by atoms with Crippen LogP contribution in [0, 0.1) is 5.82 Å². The largest absolute Gasteiger partial charge is 0.495 e. The smallest absolute Gasteiger partial charge is 0.402 e. The Balaban J connectivity index is 1.84. The summed E-state index contributed by atoms with van der Waals surface area (Å²) in [4.78, 5) is 49.7. The number of amides is 2. The van der Waals surface area contributed by atoms with Crippen molar-refractivity contribution in [1.29, 1.82) is 0 Å². The topological polar surface area (TPSA) is 129 Å². The van der Waals surface area contributed by atoms with Gasteiger partial charge in [0.05, 0.1) is 37.6 Å². The molecule has 0 bridgehead atoms. The van der Waals surface area contributed by atoms with Crippen LogP contribution >= 0.6 is 11.6 Å². The van der Waals surface area contributed by atoms with Gasteiger partial charge in [-0.25, -0.2) is 14.0 Å². The Morgan fingerprint density at radius 3 is 2.16 bits per heavy atom. The molecule has 2 amide bonds. The van der Waals surface area contributed by atoms with Gasteiger partial charge in [0, 0.05) is 17.8 Å². The van der Waals surface area contributed by atoms with Crippen LogP contribution in [0.25, 0.3) is 0 Å². The van der Waals surface area contributed by atoms with E-state index in [1.165, 1.54) is 56.7 Å². The highest BCUT2D eigenvalue weighted by Crippen LogP contribution is 2.36. The fourth-order valence-electron chi connectivity index (χ4n) is 3.08. The van der Waals surface area contributed by atoms with Crippen LogP contribution in [0.2, 0.25) is 5.02 Å². The van der Waals surface area contributed by atoms with Gasteiger partial charge in [0.1, 0.15) is 28.6 Å². The summed E-state index contributed by atoms with van der Waals surface area (Å²) in [5.74, 6) is -5.01. The maximum absolute atomic E-state index is 13.9. The summed E-state index contributed by atoms with van der Waals surface area (Å²) in [5, 5.41) is 4.87. The number of carbonyl (C=O) groups is 4. The van der Waals surface area contributed by atoms with E-state index in [2.05, 4.69) is 15.4 Å². The first-order valence-electron chi connectivity index (χ1n) is 10.4. The summed E-state index contributed by atoms with van der Waals surface area (Å²) in [6.07, 6.45) is 0. The van der Waals surface area contributed by atoms with Crippen molar-refractivity contribution in [3.63, 3.8) is 0 Å². The van der Waals surface area contributed by atoms with Crippen LogP contribution in [0.1, 0.15) is 20.7 Å². The lowest BCUT2D eigenvalue weighted by atomic mass is 10.1. The molecule has 37 heavy (non-hydrogen) atoms. The molecule has 0 atom stereocenters. The molecule has 0 radical (unpaired) electrons. The van der Waals surface area contributed by atoms with Crippen molar-refractivity contribution < 1.29 is 42.5 Å². The molecule has 12 heteroatoms. The number of rotatable bonds is 7. The van der Waals surface area contributed by atoms with E-state index in [1.807, 2.05) is 0 Å². The Hall–Kier alpha value is -4.64. The van der Waals surface area contributed by atoms with Gasteiger partial charge in [-0.05, 0) is 30.3 Å². The second-order valence-corrected chi connectivity index (χ2v) is 7.57. The fourth-order valence-corrected chi connectivity index (χ4v) is 3.33. The van der Waals surface area contributed by atoms with E-state index in [9.17, 15) is 23.6 Å². The number of nitrogens with one attached hydrogen (secondary N) is 2. The van der Waals surface area contributed by atoms with Crippen molar-refractivity contribution in [2.24, 2.45) is 0 Å². The highest BCUT2D eigenvalue weighted by Gasteiger charge is 2.24. The summed E-state index contributed by atoms with van der Waals surface area (Å²) in [5.41, 5.74) is -0.343. The van der Waals surface area contributed by atoms with Crippen LogP contribution in [-0.4, -0.2) is 45.1 Å². The van der Waals surface area contributed by atoms with Crippen molar-refractivity contribution >= 4 is 46.7 Å². The Bertz CT molecular complexity index is 1380. The Kier molecular flexibility index (Phi) is 8.64. The predicted molar refractivity (Wildman–Crippen MR) is 131 cm³/mol. The number of carbonyl (C=O) groups excluding carboxylic acids is 4. The Morgan fingerprint density at radius 2 is 1.51 bits per heavy atom. The van der Waals surface area contributed by atoms with E-state index in [4.69, 9.17) is 25.8 Å². The summed E-state index contributed by atoms with van der Waals surface area (Å²) in [6.45, 7) is 0. The number of halogens is 2. The number of methoxy groups -OCH3 is 3. The van der Waals surface area contributed by atoms with Crippen molar-refractivity contribution in [2.45, 2.75) is 0 Å². The number of hydrogen-bond acceptors (Lipinski definition) is 8. The number of esters is 2. The molecular formula is C25H20ClFN2O8. The lowest BCUT2D eigenvalue weighted by Crippen LogP contribution is -2.28. The number of anilines is 2. The zero-order chi connectivity index (χ0) is 27.1. The van der Waals surface area contributed by atoms with E-state index >= 15 is 0 Å². The highest BCUT2D eigenvalue weighted by atomic mass is 35.5. The zero-order valence-electron chi connectivity index (χ0n) is 19.7. The Morgan fingerprint density at radius 1 is 0.811 bits per heavy atom. The molecule has 0 aliphatic heterocycles. The van der Waals surface area contributed by atoms with Crippen molar-refractivity contribution in [2.75, 3.05) is 32.0 Å². The van der Waals surface area contributed by atoms with Crippen LogP contribution in [0.5, 0.6) is 17.2 Å². The molecule has 0 saturated carbocycles. The minimum Gasteiger partial charge on any atom is -0.495 e. The second kappa shape index (κ2) is 11.9. The lowest BCUT2D eigenvalue weighted by Gasteiger charge is -2.14. The molecule has 0 aromatic heterocycles. The van der Waals surface area contributed by atoms with Gasteiger partial charge in [0.25, 0.3) is 5.91 Å². The molecule has 0 spiro atoms. The molecule has 0 unspecified atom stereocenters. The molecule has 192 valence electrons. The Labute approximate surface area is 215 Å². The summed E-state index contributed by atoms with van der Waals surface area (Å²) in [6, 6.07) is 11.6. The third kappa shape index (κ3) is 6.33. The first kappa shape index (κ1) is 27.0. The molecule has 0 heterocycles. The molecule has 0 aliphatic rings. The van der Waals surface area contributed by atoms with Gasteiger partial charge in [0.2, 0.25) is 0 Å². The van der Waals surface area contributed by atoms with Crippen LogP contribution in [0.4, 0.5) is 15.8 Å². The lowest BCUT2D eigenvalue weighted by molar-refractivity contribution is -0.145. The zero-order valence-corrected chi connectivity index (χ0v) is 20.5. The normalized spacial score (nSPS) is 10.2. The molecule has 2 N–H and O–H groups in total. The van der Waals surface area contributed by atoms with E-state index in [1.54, 1.807) is 0 Å². The first-order chi connectivity index (χ1) is 17.7. The minimum atomic E-state index is -1.41. The SMILES string of the molecule is COC(=O)c1ccc(NC(=O)c2ccccc2F)cc1OC(=O)C(=O)Nc1cc(Cl)c(OC)cc1OC. The highest BCUT2D eigenvalue weighted by molar-refractivity contribution is 6.38. The molecule has 0 saturated heterocycles. The van der Waals surface area contributed by atoms with Gasteiger partial charge in [0.15, 0.2) is 0 Å². The maximum atomic E-state index is 13.9. The minimum absolute atomic E-state index is 0.0488. The van der Waals surface area contributed by atoms with E-state index in [-0.39, 0.29) is 39.0 Å². The van der Waals surface area contributed by atoms with Gasteiger partial charge in [-0.2, -0.15) is 0 Å². The standard InChI is InChI=1S/C25H20ClFN2O8/c1-34-20-12-21(35-2)18(11-16(20)26)29-23(31)25(33)37-19-10-13(8-9-15(19)24(32)36-3)28-22(30)14-6-4-5-7-17(14)27/h4-12H,1-3H3,(H,28,30)(H,29,31). The van der Waals surface area contributed by atoms with Crippen molar-refractivity contribution in [3.05, 3.63) is 76.6 Å². The molecule has 10 nitrogen and oxygen atoms in total. The number of hydrogen-bond donors (Lipinski definition) is 2. The summed E-state index contributed by atoms with van der Waals surface area (Å²) in [7, 11) is 3.83. The van der Waals surface area contributed by atoms with Gasteiger partial charge < -0.3 is 29.6 Å². The number of ether oxygens (including phenoxy) is 4. The average molecular weight is 531 g/mol. The molecule has 0 fully saturated rings. The number of benzene rings is 3. The first-order valence-corrected chi connectivity index (χ1v) is 10.8. The van der Waals surface area contributed by atoms with Gasteiger partial charge in [-0.3, -0.25) is 9.59 Å². The van der Waals surface area contributed by atoms with Gasteiger partial charge >= 0.3 is 17.8 Å². The third-order valence-corrected chi connectivity index (χ3v) is 5.17. The van der Waals surface area contributed by atoms with Crippen LogP contribution < -0.4 is 24.8 Å².